The minimum atomic E-state index is 0.232. The van der Waals surface area contributed by atoms with Gasteiger partial charge in [-0.1, -0.05) is 83.9 Å². The second-order valence-electron chi connectivity index (χ2n) is 7.54. The van der Waals surface area contributed by atoms with E-state index in [1.807, 2.05) is 16.8 Å². The Morgan fingerprint density at radius 3 is 2.23 bits per heavy atom. The standard InChI is InChI=1S/C25H21Cl2N3/c26-19-11-12-22(27)24(15-19)30-25-20(13-14-28-25)23(29-30)16-21(17-7-3-1-4-8-17)18-9-5-2-6-10-18/h1-12,15,21,28H,13-14,16H2. The molecule has 1 aliphatic heterocycles. The second kappa shape index (κ2) is 8.17. The van der Waals surface area contributed by atoms with Crippen molar-refractivity contribution in [2.75, 3.05) is 11.9 Å². The molecule has 0 atom stereocenters. The van der Waals surface area contributed by atoms with E-state index in [9.17, 15) is 0 Å². The van der Waals surface area contributed by atoms with E-state index < -0.39 is 0 Å². The Labute approximate surface area is 186 Å². The SMILES string of the molecule is Clc1ccc(Cl)c(-n2nc(CC(c3ccccc3)c3ccccc3)c3c2NCC3)c1. The van der Waals surface area contributed by atoms with E-state index in [0.717, 1.165) is 36.6 Å². The smallest absolute Gasteiger partial charge is 0.133 e. The molecule has 2 heterocycles. The lowest BCUT2D eigenvalue weighted by Crippen LogP contribution is -2.09. The summed E-state index contributed by atoms with van der Waals surface area (Å²) in [6.07, 6.45) is 1.78. The van der Waals surface area contributed by atoms with E-state index in [0.29, 0.717) is 10.0 Å². The first-order valence-electron chi connectivity index (χ1n) is 10.1. The maximum atomic E-state index is 6.49. The van der Waals surface area contributed by atoms with Crippen molar-refractivity contribution < 1.29 is 0 Å². The summed E-state index contributed by atoms with van der Waals surface area (Å²) in [5, 5.41) is 9.77. The highest BCUT2D eigenvalue weighted by Crippen LogP contribution is 2.36. The van der Waals surface area contributed by atoms with E-state index in [2.05, 4.69) is 66.0 Å². The lowest BCUT2D eigenvalue weighted by atomic mass is 9.86. The molecule has 0 aliphatic carbocycles. The topological polar surface area (TPSA) is 29.9 Å². The zero-order chi connectivity index (χ0) is 20.5. The third-order valence-corrected chi connectivity index (χ3v) is 6.23. The third kappa shape index (κ3) is 3.60. The number of aromatic nitrogens is 2. The highest BCUT2D eigenvalue weighted by molar-refractivity contribution is 6.34. The highest BCUT2D eigenvalue weighted by Gasteiger charge is 2.26. The molecule has 0 unspecified atom stereocenters. The number of nitrogens with one attached hydrogen (secondary N) is 1. The van der Waals surface area contributed by atoms with Gasteiger partial charge in [-0.3, -0.25) is 0 Å². The molecule has 5 heteroatoms. The fraction of sp³-hybridized carbons (Fsp3) is 0.160. The minimum Gasteiger partial charge on any atom is -0.369 e. The molecule has 0 fully saturated rings. The van der Waals surface area contributed by atoms with Gasteiger partial charge < -0.3 is 5.32 Å². The van der Waals surface area contributed by atoms with Crippen LogP contribution < -0.4 is 5.32 Å². The van der Waals surface area contributed by atoms with Crippen molar-refractivity contribution in [1.82, 2.24) is 9.78 Å². The number of nitrogens with zero attached hydrogens (tertiary/aromatic N) is 2. The number of anilines is 1. The number of benzene rings is 3. The predicted molar refractivity (Wildman–Crippen MR) is 124 cm³/mol. The molecule has 1 aliphatic rings. The molecule has 0 saturated carbocycles. The van der Waals surface area contributed by atoms with E-state index in [1.165, 1.54) is 16.7 Å². The Kier molecular flexibility index (Phi) is 5.24. The van der Waals surface area contributed by atoms with Crippen LogP contribution in [0.15, 0.2) is 78.9 Å². The zero-order valence-corrected chi connectivity index (χ0v) is 17.9. The second-order valence-corrected chi connectivity index (χ2v) is 8.38. The molecule has 150 valence electrons. The molecule has 4 aromatic rings. The van der Waals surface area contributed by atoms with Crippen LogP contribution in [0, 0.1) is 0 Å². The van der Waals surface area contributed by atoms with E-state index in [1.54, 1.807) is 6.07 Å². The average molecular weight is 434 g/mol. The van der Waals surface area contributed by atoms with Crippen molar-refractivity contribution in [2.45, 2.75) is 18.8 Å². The quantitative estimate of drug-likeness (QED) is 0.388. The highest BCUT2D eigenvalue weighted by atomic mass is 35.5. The van der Waals surface area contributed by atoms with Gasteiger partial charge in [-0.25, -0.2) is 4.68 Å². The van der Waals surface area contributed by atoms with Gasteiger partial charge in [-0.2, -0.15) is 5.10 Å². The molecule has 0 saturated heterocycles. The minimum absolute atomic E-state index is 0.232. The van der Waals surface area contributed by atoms with Crippen LogP contribution in [0.4, 0.5) is 5.82 Å². The van der Waals surface area contributed by atoms with Gasteiger partial charge >= 0.3 is 0 Å². The number of hydrogen-bond donors (Lipinski definition) is 1. The van der Waals surface area contributed by atoms with Crippen molar-refractivity contribution in [3.63, 3.8) is 0 Å². The van der Waals surface area contributed by atoms with Crippen molar-refractivity contribution in [3.8, 4) is 5.69 Å². The molecule has 3 aromatic carbocycles. The van der Waals surface area contributed by atoms with E-state index in [-0.39, 0.29) is 5.92 Å². The summed E-state index contributed by atoms with van der Waals surface area (Å²) in [6, 6.07) is 26.8. The Morgan fingerprint density at radius 1 is 0.900 bits per heavy atom. The van der Waals surface area contributed by atoms with Gasteiger partial charge in [0.25, 0.3) is 0 Å². The summed E-state index contributed by atoms with van der Waals surface area (Å²) in [4.78, 5) is 0. The van der Waals surface area contributed by atoms with Gasteiger partial charge in [0, 0.05) is 29.5 Å². The normalized spacial score (nSPS) is 12.8. The van der Waals surface area contributed by atoms with Crippen molar-refractivity contribution in [1.29, 1.82) is 0 Å². The monoisotopic (exact) mass is 433 g/mol. The Balaban J connectivity index is 1.59. The summed E-state index contributed by atoms with van der Waals surface area (Å²) in [5.41, 5.74) is 5.75. The first-order valence-corrected chi connectivity index (χ1v) is 10.9. The number of rotatable bonds is 5. The number of fused-ring (bicyclic) bond motifs is 1. The van der Waals surface area contributed by atoms with Crippen LogP contribution in [0.2, 0.25) is 10.0 Å². The van der Waals surface area contributed by atoms with Gasteiger partial charge in [0.05, 0.1) is 16.4 Å². The van der Waals surface area contributed by atoms with Gasteiger partial charge in [0.15, 0.2) is 0 Å². The average Bonchev–Trinajstić information content (AvgIpc) is 3.39. The summed E-state index contributed by atoms with van der Waals surface area (Å²) in [5.74, 6) is 1.25. The van der Waals surface area contributed by atoms with Crippen LogP contribution in [0.3, 0.4) is 0 Å². The Bertz CT molecular complexity index is 1130. The van der Waals surface area contributed by atoms with Crippen molar-refractivity contribution in [3.05, 3.63) is 111 Å². The molecule has 1 aromatic heterocycles. The molecule has 30 heavy (non-hydrogen) atoms. The molecule has 3 nitrogen and oxygen atoms in total. The number of halogens is 2. The van der Waals surface area contributed by atoms with Crippen LogP contribution in [-0.4, -0.2) is 16.3 Å². The number of hydrogen-bond acceptors (Lipinski definition) is 2. The largest absolute Gasteiger partial charge is 0.369 e. The van der Waals surface area contributed by atoms with Crippen LogP contribution >= 0.6 is 23.2 Å². The summed E-state index contributed by atoms with van der Waals surface area (Å²) >= 11 is 12.7. The first kappa shape index (κ1) is 19.2. The van der Waals surface area contributed by atoms with Gasteiger partial charge in [0.1, 0.15) is 5.82 Å². The van der Waals surface area contributed by atoms with Crippen LogP contribution in [0.25, 0.3) is 5.69 Å². The maximum Gasteiger partial charge on any atom is 0.133 e. The fourth-order valence-electron chi connectivity index (χ4n) is 4.22. The Hall–Kier alpha value is -2.75. The lowest BCUT2D eigenvalue weighted by Gasteiger charge is -2.17. The maximum absolute atomic E-state index is 6.49. The van der Waals surface area contributed by atoms with Crippen LogP contribution in [-0.2, 0) is 12.8 Å². The van der Waals surface area contributed by atoms with Crippen molar-refractivity contribution in [2.24, 2.45) is 0 Å². The molecule has 0 radical (unpaired) electrons. The third-order valence-electron chi connectivity index (χ3n) is 5.67. The summed E-state index contributed by atoms with van der Waals surface area (Å²) < 4.78 is 1.92. The Morgan fingerprint density at radius 2 is 1.57 bits per heavy atom. The molecule has 1 N–H and O–H groups in total. The molecule has 0 amide bonds. The fourth-order valence-corrected chi connectivity index (χ4v) is 4.59. The molecular formula is C25H21Cl2N3. The van der Waals surface area contributed by atoms with Gasteiger partial charge in [-0.05, 0) is 35.7 Å². The van der Waals surface area contributed by atoms with Crippen molar-refractivity contribution >= 4 is 29.0 Å². The summed E-state index contributed by atoms with van der Waals surface area (Å²) in [7, 11) is 0. The van der Waals surface area contributed by atoms with Crippen LogP contribution in [0.5, 0.6) is 0 Å². The van der Waals surface area contributed by atoms with E-state index >= 15 is 0 Å². The molecule has 0 spiro atoms. The lowest BCUT2D eigenvalue weighted by molar-refractivity contribution is 0.745. The molecular weight excluding hydrogens is 413 g/mol. The van der Waals surface area contributed by atoms with E-state index in [4.69, 9.17) is 28.3 Å². The van der Waals surface area contributed by atoms with Crippen LogP contribution in [0.1, 0.15) is 28.3 Å². The molecule has 5 rings (SSSR count). The predicted octanol–water partition coefficient (Wildman–Crippen LogP) is 6.52. The van der Waals surface area contributed by atoms with Gasteiger partial charge in [-0.15, -0.1) is 0 Å². The zero-order valence-electron chi connectivity index (χ0n) is 16.4. The molecule has 0 bridgehead atoms. The first-order chi connectivity index (χ1) is 14.7. The van der Waals surface area contributed by atoms with Gasteiger partial charge in [0.2, 0.25) is 0 Å². The summed E-state index contributed by atoms with van der Waals surface area (Å²) in [6.45, 7) is 0.902.